The summed E-state index contributed by atoms with van der Waals surface area (Å²) in [7, 11) is 0. The molecular formula is C7H10N3Na3S6. The van der Waals surface area contributed by atoms with Crippen molar-refractivity contribution in [2.45, 2.75) is 6.04 Å². The van der Waals surface area contributed by atoms with Crippen LogP contribution in [0.4, 0.5) is 0 Å². The van der Waals surface area contributed by atoms with Crippen molar-refractivity contribution in [3.63, 3.8) is 0 Å². The minimum atomic E-state index is -0.355. The van der Waals surface area contributed by atoms with E-state index >= 15 is 0 Å². The molecule has 0 aliphatic carbocycles. The van der Waals surface area contributed by atoms with Crippen LogP contribution in [0, 0.1) is 0 Å². The van der Waals surface area contributed by atoms with Gasteiger partial charge < -0.3 is 90.5 Å². The van der Waals surface area contributed by atoms with Crippen molar-refractivity contribution in [2.24, 2.45) is 5.73 Å². The normalized spacial score (nSPS) is 9.95. The van der Waals surface area contributed by atoms with E-state index in [1.54, 1.807) is 0 Å². The van der Waals surface area contributed by atoms with Gasteiger partial charge in [0, 0.05) is 19.6 Å². The van der Waals surface area contributed by atoms with Gasteiger partial charge in [0.05, 0.1) is 6.04 Å². The maximum absolute atomic E-state index is 5.36. The predicted molar refractivity (Wildman–Crippen MR) is 87.4 cm³/mol. The quantitative estimate of drug-likeness (QED) is 0.197. The number of rotatable bonds is 6. The summed E-state index contributed by atoms with van der Waals surface area (Å²) >= 11 is 29.5. The summed E-state index contributed by atoms with van der Waals surface area (Å²) in [6.45, 7) is 1.65. The molecule has 0 aromatic rings. The topological polar surface area (TPSA) is 41.3 Å². The zero-order valence-electron chi connectivity index (χ0n) is 11.2. The maximum atomic E-state index is 5.36. The second-order valence-corrected chi connectivity index (χ2v) is 5.93. The molecule has 0 aliphatic heterocycles. The van der Waals surface area contributed by atoms with Crippen molar-refractivity contribution in [2.75, 3.05) is 19.6 Å². The molecule has 12 heteroatoms. The second kappa shape index (κ2) is 18.0. The van der Waals surface area contributed by atoms with Crippen molar-refractivity contribution in [3.05, 3.63) is 0 Å². The van der Waals surface area contributed by atoms with Gasteiger partial charge in [-0.1, -0.05) is 8.64 Å². The van der Waals surface area contributed by atoms with Crippen LogP contribution in [-0.4, -0.2) is 43.4 Å². The van der Waals surface area contributed by atoms with Crippen LogP contribution in [-0.2, 0) is 37.9 Å². The molecule has 0 heterocycles. The molecule has 3 N–H and O–H groups in total. The predicted octanol–water partition coefficient (Wildman–Crippen LogP) is -9.24. The zero-order valence-corrected chi connectivity index (χ0v) is 22.1. The number of hydrogen-bond acceptors (Lipinski definition) is 8. The smallest absolute Gasteiger partial charge is 0.431 e. The van der Waals surface area contributed by atoms with Gasteiger partial charge in [0.25, 0.3) is 0 Å². The third kappa shape index (κ3) is 13.8. The van der Waals surface area contributed by atoms with Crippen LogP contribution in [0.15, 0.2) is 0 Å². The minimum absolute atomic E-state index is 0. The number of nitrogens with zero attached hydrogens (tertiary/aromatic N) is 1. The van der Waals surface area contributed by atoms with Crippen LogP contribution in [0.5, 0.6) is 0 Å². The summed E-state index contributed by atoms with van der Waals surface area (Å²) in [5, 5.41) is 3.07. The molecule has 0 amide bonds. The third-order valence-corrected chi connectivity index (χ3v) is 2.97. The number of thiocarbonyl (C=S) groups is 3. The van der Waals surface area contributed by atoms with Crippen LogP contribution in [0.25, 0.3) is 0 Å². The van der Waals surface area contributed by atoms with Crippen molar-refractivity contribution in [1.82, 2.24) is 10.2 Å². The Balaban J connectivity index is -0.000000375. The van der Waals surface area contributed by atoms with Crippen molar-refractivity contribution < 1.29 is 88.7 Å². The van der Waals surface area contributed by atoms with Gasteiger partial charge in [0.1, 0.15) is 0 Å². The average Bonchev–Trinajstić information content (AvgIpc) is 2.14. The van der Waals surface area contributed by atoms with E-state index in [1.807, 2.05) is 0 Å². The van der Waals surface area contributed by atoms with Crippen molar-refractivity contribution in [3.8, 4) is 0 Å². The Morgan fingerprint density at radius 3 is 1.74 bits per heavy atom. The van der Waals surface area contributed by atoms with Gasteiger partial charge in [-0.3, -0.25) is 0 Å². The Kier molecular flexibility index (Phi) is 28.9. The van der Waals surface area contributed by atoms with Crippen LogP contribution >= 0.6 is 36.7 Å². The van der Waals surface area contributed by atoms with Gasteiger partial charge in [0.2, 0.25) is 0 Å². The van der Waals surface area contributed by atoms with E-state index in [1.165, 1.54) is 4.90 Å². The fraction of sp³-hybridized carbons (Fsp3) is 0.571. The molecule has 1 atom stereocenters. The van der Waals surface area contributed by atoms with Crippen LogP contribution in [0.1, 0.15) is 0 Å². The van der Waals surface area contributed by atoms with Gasteiger partial charge in [-0.15, -0.1) is 4.20 Å². The van der Waals surface area contributed by atoms with Crippen molar-refractivity contribution in [1.29, 1.82) is 0 Å². The molecule has 3 nitrogen and oxygen atoms in total. The fourth-order valence-electron chi connectivity index (χ4n) is 0.950. The van der Waals surface area contributed by atoms with Gasteiger partial charge in [0.15, 0.2) is 0 Å². The summed E-state index contributed by atoms with van der Waals surface area (Å²) in [5.41, 5.74) is 5.36. The molecule has 0 fully saturated rings. The fourth-order valence-corrected chi connectivity index (χ4v) is 2.43. The molecule has 0 aromatic heterocycles. The Morgan fingerprint density at radius 2 is 1.47 bits per heavy atom. The first-order valence-electron chi connectivity index (χ1n) is 4.24. The molecule has 0 rings (SSSR count). The first-order chi connectivity index (χ1) is 7.41. The Labute approximate surface area is 213 Å². The Hall–Kier alpha value is 3.65. The average molecular weight is 398 g/mol. The molecule has 0 saturated heterocycles. The molecule has 0 bridgehead atoms. The van der Waals surface area contributed by atoms with E-state index < -0.39 is 0 Å². The second-order valence-electron chi connectivity index (χ2n) is 2.73. The number of nitrogens with one attached hydrogen (secondary N) is 1. The summed E-state index contributed by atoms with van der Waals surface area (Å²) in [5.74, 6) is 0. The van der Waals surface area contributed by atoms with E-state index in [-0.39, 0.29) is 103 Å². The minimum Gasteiger partial charge on any atom is -0.431 e. The largest absolute Gasteiger partial charge is 1.00 e. The third-order valence-electron chi connectivity index (χ3n) is 1.64. The summed E-state index contributed by atoms with van der Waals surface area (Å²) in [6, 6.07) is -0.355. The van der Waals surface area contributed by atoms with Crippen LogP contribution in [0.3, 0.4) is 0 Å². The molecule has 0 saturated carbocycles. The van der Waals surface area contributed by atoms with Crippen molar-refractivity contribution >= 4 is 87.4 Å². The van der Waals surface area contributed by atoms with E-state index in [4.69, 9.17) is 80.3 Å². The zero-order chi connectivity index (χ0) is 12.7. The molecule has 19 heavy (non-hydrogen) atoms. The monoisotopic (exact) mass is 397 g/mol. The van der Waals surface area contributed by atoms with E-state index in [9.17, 15) is 0 Å². The van der Waals surface area contributed by atoms with E-state index in [0.29, 0.717) is 23.8 Å². The van der Waals surface area contributed by atoms with Gasteiger partial charge >= 0.3 is 88.7 Å². The summed E-state index contributed by atoms with van der Waals surface area (Å²) in [4.78, 5) is 1.44. The molecule has 0 aliphatic rings. The Morgan fingerprint density at radius 1 is 1.05 bits per heavy atom. The van der Waals surface area contributed by atoms with E-state index in [0.717, 1.165) is 0 Å². The first kappa shape index (κ1) is 30.5. The summed E-state index contributed by atoms with van der Waals surface area (Å²) < 4.78 is 0.641. The first-order valence-corrected chi connectivity index (χ1v) is 6.69. The molecule has 0 radical (unpaired) electrons. The SMILES string of the molecule is NCCNCC(C(=S)[S-])N(C(=S)[S-])C(=S)[S-].[Na+].[Na+].[Na+]. The number of nitrogens with two attached hydrogens (primary N) is 1. The molecular weight excluding hydrogens is 387 g/mol. The van der Waals surface area contributed by atoms with Gasteiger partial charge in [-0.2, -0.15) is 0 Å². The van der Waals surface area contributed by atoms with E-state index in [2.05, 4.69) is 5.32 Å². The maximum Gasteiger partial charge on any atom is 1.00 e. The van der Waals surface area contributed by atoms with Gasteiger partial charge in [-0.05, 0) is 0 Å². The molecule has 0 aromatic carbocycles. The number of hydrogen-bond donors (Lipinski definition) is 2. The van der Waals surface area contributed by atoms with Crippen LogP contribution in [0.2, 0.25) is 0 Å². The van der Waals surface area contributed by atoms with Gasteiger partial charge in [-0.25, -0.2) is 0 Å². The summed E-state index contributed by atoms with van der Waals surface area (Å²) in [6.07, 6.45) is 0. The standard InChI is InChI=1S/C7H13N3S6.3Na/c8-1-2-9-3-4(5(11)12)10(6(13)14)7(15)16;;;/h4,9H,1-3,8H2,(H,11,12)(H,13,14)(H,15,16);;;/q;3*+1/p-3. The molecule has 0 spiro atoms. The van der Waals surface area contributed by atoms with Crippen LogP contribution < -0.4 is 99.7 Å². The Bertz CT molecular complexity index is 279. The molecule has 92 valence electrons. The molecule has 1 unspecified atom stereocenters.